The molecule has 220 valence electrons. The van der Waals surface area contributed by atoms with Crippen LogP contribution in [0.15, 0.2) is 81.8 Å². The van der Waals surface area contributed by atoms with Gasteiger partial charge in [-0.15, -0.1) is 12.4 Å². The second-order valence-corrected chi connectivity index (χ2v) is 10.3. The van der Waals surface area contributed by atoms with Crippen LogP contribution < -0.4 is 14.8 Å². The average molecular weight is 581 g/mol. The Hall–Kier alpha value is -3.33. The Labute approximate surface area is 248 Å². The second kappa shape index (κ2) is 16.8. The summed E-state index contributed by atoms with van der Waals surface area (Å²) in [5, 5.41) is 11.4. The van der Waals surface area contributed by atoms with Crippen molar-refractivity contribution in [3.63, 3.8) is 0 Å². The van der Waals surface area contributed by atoms with Crippen molar-refractivity contribution < 1.29 is 18.5 Å². The molecule has 4 heterocycles. The van der Waals surface area contributed by atoms with Crippen LogP contribution in [0, 0.1) is 0 Å². The zero-order valence-corrected chi connectivity index (χ0v) is 24.4. The lowest BCUT2D eigenvalue weighted by Gasteiger charge is -2.25. The van der Waals surface area contributed by atoms with Crippen molar-refractivity contribution in [1.29, 1.82) is 0 Å². The first kappa shape index (κ1) is 30.6. The van der Waals surface area contributed by atoms with E-state index in [1.54, 1.807) is 0 Å². The van der Waals surface area contributed by atoms with E-state index in [0.29, 0.717) is 31.0 Å². The summed E-state index contributed by atoms with van der Waals surface area (Å²) in [7, 11) is 0. The normalized spacial score (nSPS) is 17.1. The van der Waals surface area contributed by atoms with Gasteiger partial charge in [0.25, 0.3) is 11.8 Å². The number of hydrogen-bond donors (Lipinski definition) is 1. The molecule has 4 aromatic rings. The van der Waals surface area contributed by atoms with E-state index in [0.717, 1.165) is 42.2 Å². The quantitative estimate of drug-likeness (QED) is 0.217. The number of ether oxygens (including phenoxy) is 2. The van der Waals surface area contributed by atoms with Gasteiger partial charge >= 0.3 is 0 Å². The lowest BCUT2D eigenvalue weighted by molar-refractivity contribution is 0.177. The van der Waals surface area contributed by atoms with Gasteiger partial charge in [-0.25, -0.2) is 0 Å². The largest absolute Gasteiger partial charge is 0.475 e. The molecule has 2 aliphatic rings. The molecule has 0 radical (unpaired) electrons. The van der Waals surface area contributed by atoms with E-state index in [1.807, 2.05) is 72.8 Å². The minimum absolute atomic E-state index is 0. The molecule has 2 saturated heterocycles. The molecule has 8 nitrogen and oxygen atoms in total. The van der Waals surface area contributed by atoms with Gasteiger partial charge in [0.05, 0.1) is 6.61 Å². The molecule has 41 heavy (non-hydrogen) atoms. The highest BCUT2D eigenvalue weighted by Gasteiger charge is 2.14. The summed E-state index contributed by atoms with van der Waals surface area (Å²) in [6.07, 6.45) is 8.86. The Bertz CT molecular complexity index is 1140. The van der Waals surface area contributed by atoms with E-state index in [1.165, 1.54) is 51.6 Å². The molecule has 2 fully saturated rings. The van der Waals surface area contributed by atoms with Crippen molar-refractivity contribution in [2.24, 2.45) is 0 Å². The number of nitrogens with one attached hydrogen (secondary N) is 1. The fraction of sp³-hybridized carbons (Fsp3) is 0.438. The van der Waals surface area contributed by atoms with E-state index < -0.39 is 0 Å². The molecular weight excluding hydrogens is 540 g/mol. The number of benzene rings is 2. The fourth-order valence-corrected chi connectivity index (χ4v) is 5.07. The summed E-state index contributed by atoms with van der Waals surface area (Å²) >= 11 is 0. The first-order chi connectivity index (χ1) is 19.8. The van der Waals surface area contributed by atoms with Gasteiger partial charge in [-0.3, -0.25) is 4.90 Å². The predicted octanol–water partition coefficient (Wildman–Crippen LogP) is 6.88. The molecule has 6 rings (SSSR count). The van der Waals surface area contributed by atoms with E-state index in [2.05, 4.69) is 20.5 Å². The van der Waals surface area contributed by atoms with Crippen LogP contribution >= 0.6 is 12.4 Å². The van der Waals surface area contributed by atoms with Crippen LogP contribution in [0.5, 0.6) is 11.8 Å². The maximum Gasteiger partial charge on any atom is 0.254 e. The third kappa shape index (κ3) is 9.92. The molecular formula is C32H41ClN4O4. The molecule has 2 aliphatic heterocycles. The van der Waals surface area contributed by atoms with Crippen molar-refractivity contribution in [3.8, 4) is 34.4 Å². The topological polar surface area (TPSA) is 85.8 Å². The van der Waals surface area contributed by atoms with Crippen molar-refractivity contribution in [1.82, 2.24) is 20.5 Å². The first-order valence-electron chi connectivity index (χ1n) is 14.6. The predicted molar refractivity (Wildman–Crippen MR) is 163 cm³/mol. The number of hydrogen-bond acceptors (Lipinski definition) is 8. The van der Waals surface area contributed by atoms with Crippen molar-refractivity contribution in [2.75, 3.05) is 39.4 Å². The molecule has 1 atom stereocenters. The Balaban J connectivity index is 0.000000184. The van der Waals surface area contributed by atoms with Gasteiger partial charge in [0.15, 0.2) is 11.5 Å². The Morgan fingerprint density at radius 1 is 0.732 bits per heavy atom. The van der Waals surface area contributed by atoms with Crippen LogP contribution in [0.25, 0.3) is 22.6 Å². The van der Waals surface area contributed by atoms with Crippen LogP contribution in [0.3, 0.4) is 0 Å². The molecule has 0 spiro atoms. The highest BCUT2D eigenvalue weighted by Crippen LogP contribution is 2.24. The van der Waals surface area contributed by atoms with Crippen molar-refractivity contribution in [2.45, 2.75) is 51.0 Å². The summed E-state index contributed by atoms with van der Waals surface area (Å²) in [4.78, 5) is 2.45. The highest BCUT2D eigenvalue weighted by atomic mass is 35.5. The maximum absolute atomic E-state index is 5.67. The standard InChI is InChI=1S/2C16H20N2O2.ClH/c1-3-7-14(8-4-1)15-13-16(17-20-15)19-12-11-18-9-5-2-6-10-18;1-2-6-13(7-3-1)15-12-16(18-20-15)19-11-9-14-8-4-5-10-17-14;/h1,3-4,7-8,13H,2,5-6,9-12H2;1-3,6-7,12,14,17H,4-5,8-11H2;1H. The molecule has 0 amide bonds. The molecule has 1 N–H and O–H groups in total. The molecule has 1 unspecified atom stereocenters. The van der Waals surface area contributed by atoms with Gasteiger partial charge in [-0.1, -0.05) is 73.5 Å². The molecule has 0 saturated carbocycles. The zero-order valence-electron chi connectivity index (χ0n) is 23.6. The van der Waals surface area contributed by atoms with Gasteiger partial charge < -0.3 is 23.8 Å². The molecule has 0 aliphatic carbocycles. The lowest BCUT2D eigenvalue weighted by atomic mass is 10.0. The Kier molecular flexibility index (Phi) is 12.6. The molecule has 9 heteroatoms. The van der Waals surface area contributed by atoms with Gasteiger partial charge in [-0.05, 0) is 62.1 Å². The van der Waals surface area contributed by atoms with Gasteiger partial charge in [0.1, 0.15) is 6.61 Å². The summed E-state index contributed by atoms with van der Waals surface area (Å²) in [6, 6.07) is 24.2. The highest BCUT2D eigenvalue weighted by molar-refractivity contribution is 5.85. The summed E-state index contributed by atoms with van der Waals surface area (Å²) in [5.74, 6) is 2.63. The summed E-state index contributed by atoms with van der Waals surface area (Å²) in [5.41, 5.74) is 2.04. The van der Waals surface area contributed by atoms with E-state index in [-0.39, 0.29) is 12.4 Å². The number of halogens is 1. The Morgan fingerprint density at radius 3 is 1.88 bits per heavy atom. The molecule has 2 aromatic carbocycles. The first-order valence-corrected chi connectivity index (χ1v) is 14.6. The molecule has 0 bridgehead atoms. The second-order valence-electron chi connectivity index (χ2n) is 10.3. The van der Waals surface area contributed by atoms with E-state index in [4.69, 9.17) is 18.5 Å². The van der Waals surface area contributed by atoms with E-state index in [9.17, 15) is 0 Å². The number of nitrogens with zero attached hydrogens (tertiary/aromatic N) is 3. The average Bonchev–Trinajstić information content (AvgIpc) is 3.70. The fourth-order valence-electron chi connectivity index (χ4n) is 5.07. The van der Waals surface area contributed by atoms with Crippen LogP contribution in [0.4, 0.5) is 0 Å². The SMILES string of the molecule is Cl.c1ccc(-c2cc(OCCC3CCCCN3)no2)cc1.c1ccc(-c2cc(OCCN3CCCCC3)no2)cc1. The number of piperidine rings is 2. The number of likely N-dealkylation sites (tertiary alicyclic amines) is 1. The smallest absolute Gasteiger partial charge is 0.254 e. The minimum atomic E-state index is 0. The molecule has 2 aromatic heterocycles. The zero-order chi connectivity index (χ0) is 27.2. The maximum atomic E-state index is 5.67. The van der Waals surface area contributed by atoms with Crippen LogP contribution in [-0.4, -0.2) is 60.6 Å². The van der Waals surface area contributed by atoms with Gasteiger partial charge in [0.2, 0.25) is 0 Å². The third-order valence-electron chi connectivity index (χ3n) is 7.33. The van der Waals surface area contributed by atoms with Gasteiger partial charge in [-0.2, -0.15) is 0 Å². The van der Waals surface area contributed by atoms with Crippen molar-refractivity contribution >= 4 is 12.4 Å². The van der Waals surface area contributed by atoms with Crippen LogP contribution in [0.1, 0.15) is 44.9 Å². The van der Waals surface area contributed by atoms with Crippen LogP contribution in [0.2, 0.25) is 0 Å². The summed E-state index contributed by atoms with van der Waals surface area (Å²) in [6.45, 7) is 5.83. The van der Waals surface area contributed by atoms with E-state index >= 15 is 0 Å². The monoisotopic (exact) mass is 580 g/mol. The minimum Gasteiger partial charge on any atom is -0.475 e. The van der Waals surface area contributed by atoms with Crippen molar-refractivity contribution in [3.05, 3.63) is 72.8 Å². The lowest BCUT2D eigenvalue weighted by Crippen LogP contribution is -2.35. The summed E-state index contributed by atoms with van der Waals surface area (Å²) < 4.78 is 21.9. The third-order valence-corrected chi connectivity index (χ3v) is 7.33. The van der Waals surface area contributed by atoms with Gasteiger partial charge in [0, 0.05) is 35.8 Å². The number of aromatic nitrogens is 2. The number of rotatable bonds is 10. The Morgan fingerprint density at radius 2 is 1.32 bits per heavy atom. The van der Waals surface area contributed by atoms with Crippen LogP contribution in [-0.2, 0) is 0 Å².